The molecule has 0 N–H and O–H groups in total. The van der Waals surface area contributed by atoms with Crippen LogP contribution in [-0.2, 0) is 16.6 Å². The summed E-state index contributed by atoms with van der Waals surface area (Å²) < 4.78 is 14.4. The Balaban J connectivity index is 1.95. The van der Waals surface area contributed by atoms with Crippen LogP contribution in [0.2, 0.25) is 0 Å². The Kier molecular flexibility index (Phi) is 5.84. The van der Waals surface area contributed by atoms with Gasteiger partial charge in [0.25, 0.3) is 5.56 Å². The Morgan fingerprint density at radius 2 is 1.97 bits per heavy atom. The highest BCUT2D eigenvalue weighted by Gasteiger charge is 2.33. The molecule has 9 heteroatoms. The van der Waals surface area contributed by atoms with Gasteiger partial charge in [-0.25, -0.2) is 9.79 Å². The summed E-state index contributed by atoms with van der Waals surface area (Å²) in [6, 6.07) is 6.67. The van der Waals surface area contributed by atoms with Crippen molar-refractivity contribution >= 4 is 23.4 Å². The van der Waals surface area contributed by atoms with Crippen molar-refractivity contribution < 1.29 is 14.3 Å². The van der Waals surface area contributed by atoms with E-state index in [9.17, 15) is 9.59 Å². The van der Waals surface area contributed by atoms with Gasteiger partial charge in [-0.15, -0.1) is 0 Å². The normalized spacial score (nSPS) is 16.0. The van der Waals surface area contributed by atoms with Crippen LogP contribution in [0.25, 0.3) is 6.08 Å². The van der Waals surface area contributed by atoms with Gasteiger partial charge in [0.15, 0.2) is 4.80 Å². The molecule has 1 atom stereocenters. The van der Waals surface area contributed by atoms with Crippen LogP contribution >= 0.6 is 11.3 Å². The molecule has 166 valence electrons. The molecule has 0 amide bonds. The van der Waals surface area contributed by atoms with E-state index in [4.69, 9.17) is 9.47 Å². The van der Waals surface area contributed by atoms with E-state index in [2.05, 4.69) is 10.1 Å². The molecule has 4 rings (SSSR count). The largest absolute Gasteiger partial charge is 0.497 e. The first-order valence-electron chi connectivity index (χ1n) is 10.2. The van der Waals surface area contributed by atoms with Crippen LogP contribution in [0.4, 0.5) is 0 Å². The first-order chi connectivity index (χ1) is 15.3. The number of nitrogens with zero attached hydrogens (tertiary/aromatic N) is 4. The molecule has 1 aliphatic rings. The second-order valence-corrected chi connectivity index (χ2v) is 8.39. The number of benzene rings is 1. The molecule has 0 saturated heterocycles. The van der Waals surface area contributed by atoms with Gasteiger partial charge in [0.2, 0.25) is 0 Å². The van der Waals surface area contributed by atoms with Crippen LogP contribution in [0, 0.1) is 6.92 Å². The molecule has 3 aromatic rings. The van der Waals surface area contributed by atoms with Gasteiger partial charge in [-0.2, -0.15) is 5.10 Å². The number of carbonyl (C=O) groups is 1. The fourth-order valence-corrected chi connectivity index (χ4v) is 4.73. The molecule has 0 radical (unpaired) electrons. The number of aryl methyl sites for hydroxylation is 1. The first kappa shape index (κ1) is 21.8. The summed E-state index contributed by atoms with van der Waals surface area (Å²) in [7, 11) is 3.44. The summed E-state index contributed by atoms with van der Waals surface area (Å²) in [6.07, 6.45) is 3.55. The summed E-state index contributed by atoms with van der Waals surface area (Å²) in [4.78, 5) is 31.5. The Hall–Kier alpha value is -3.46. The third kappa shape index (κ3) is 3.69. The lowest BCUT2D eigenvalue weighted by Gasteiger charge is -2.24. The third-order valence-electron chi connectivity index (χ3n) is 5.51. The molecule has 8 nitrogen and oxygen atoms in total. The van der Waals surface area contributed by atoms with E-state index >= 15 is 0 Å². The van der Waals surface area contributed by atoms with E-state index in [1.165, 1.54) is 11.3 Å². The first-order valence-corrected chi connectivity index (χ1v) is 11.0. The SMILES string of the molecule is CCOC(=O)C1=C(C)N=c2s/c(=C\c3cnn(C)c3C)c(=O)n2C1c1ccc(OC)cc1. The molecule has 2 aromatic heterocycles. The van der Waals surface area contributed by atoms with E-state index in [-0.39, 0.29) is 12.2 Å². The molecule has 3 heterocycles. The van der Waals surface area contributed by atoms with Crippen molar-refractivity contribution in [1.82, 2.24) is 14.3 Å². The maximum absolute atomic E-state index is 13.5. The minimum atomic E-state index is -0.645. The minimum absolute atomic E-state index is 0.216. The predicted octanol–water partition coefficient (Wildman–Crippen LogP) is 1.85. The highest BCUT2D eigenvalue weighted by atomic mass is 32.1. The summed E-state index contributed by atoms with van der Waals surface area (Å²) >= 11 is 1.29. The fraction of sp³-hybridized carbons (Fsp3) is 0.304. The molecular formula is C23H24N4O4S. The average Bonchev–Trinajstić information content (AvgIpc) is 3.26. The maximum atomic E-state index is 13.5. The zero-order valence-corrected chi connectivity index (χ0v) is 19.4. The summed E-state index contributed by atoms with van der Waals surface area (Å²) in [5, 5.41) is 4.25. The van der Waals surface area contributed by atoms with E-state index in [0.29, 0.717) is 26.4 Å². The van der Waals surface area contributed by atoms with Crippen LogP contribution in [0.15, 0.2) is 51.5 Å². The lowest BCUT2D eigenvalue weighted by atomic mass is 9.96. The Bertz CT molecular complexity index is 1390. The van der Waals surface area contributed by atoms with E-state index in [1.54, 1.807) is 36.4 Å². The monoisotopic (exact) mass is 452 g/mol. The minimum Gasteiger partial charge on any atom is -0.497 e. The van der Waals surface area contributed by atoms with Gasteiger partial charge in [0.05, 0.1) is 41.8 Å². The summed E-state index contributed by atoms with van der Waals surface area (Å²) in [5.41, 5.74) is 3.26. The van der Waals surface area contributed by atoms with Gasteiger partial charge >= 0.3 is 5.97 Å². The number of thiazole rings is 1. The van der Waals surface area contributed by atoms with Gasteiger partial charge in [-0.3, -0.25) is 14.0 Å². The molecular weight excluding hydrogens is 428 g/mol. The number of carbonyl (C=O) groups excluding carboxylic acids is 1. The molecule has 0 aliphatic carbocycles. The van der Waals surface area contributed by atoms with Crippen molar-refractivity contribution in [3.8, 4) is 5.75 Å². The lowest BCUT2D eigenvalue weighted by Crippen LogP contribution is -2.39. The zero-order valence-electron chi connectivity index (χ0n) is 18.6. The van der Waals surface area contributed by atoms with Gasteiger partial charge < -0.3 is 9.47 Å². The molecule has 0 spiro atoms. The van der Waals surface area contributed by atoms with E-state index < -0.39 is 12.0 Å². The number of hydrogen-bond acceptors (Lipinski definition) is 7. The highest BCUT2D eigenvalue weighted by molar-refractivity contribution is 7.07. The average molecular weight is 453 g/mol. The molecule has 1 unspecified atom stereocenters. The van der Waals surface area contributed by atoms with Crippen molar-refractivity contribution in [1.29, 1.82) is 0 Å². The van der Waals surface area contributed by atoms with Crippen molar-refractivity contribution in [2.75, 3.05) is 13.7 Å². The van der Waals surface area contributed by atoms with Crippen molar-refractivity contribution in [2.45, 2.75) is 26.8 Å². The van der Waals surface area contributed by atoms with E-state index in [1.807, 2.05) is 44.3 Å². The number of allylic oxidation sites excluding steroid dienone is 1. The number of fused-ring (bicyclic) bond motifs is 1. The van der Waals surface area contributed by atoms with E-state index in [0.717, 1.165) is 16.8 Å². The van der Waals surface area contributed by atoms with Gasteiger partial charge in [0.1, 0.15) is 5.75 Å². The number of esters is 1. The zero-order chi connectivity index (χ0) is 23.0. The number of rotatable bonds is 5. The number of methoxy groups -OCH3 is 1. The highest BCUT2D eigenvalue weighted by Crippen LogP contribution is 2.31. The van der Waals surface area contributed by atoms with Crippen molar-refractivity contribution in [3.05, 3.63) is 78.2 Å². The number of aromatic nitrogens is 3. The summed E-state index contributed by atoms with van der Waals surface area (Å²) in [6.45, 7) is 5.70. The molecule has 1 aliphatic heterocycles. The molecule has 32 heavy (non-hydrogen) atoms. The van der Waals surface area contributed by atoms with Gasteiger partial charge in [-0.1, -0.05) is 23.5 Å². The van der Waals surface area contributed by atoms with Crippen LogP contribution in [0.5, 0.6) is 5.75 Å². The van der Waals surface area contributed by atoms with Crippen LogP contribution in [0.1, 0.15) is 36.7 Å². The van der Waals surface area contributed by atoms with Gasteiger partial charge in [0, 0.05) is 18.3 Å². The molecule has 0 fully saturated rings. The Labute approximate surface area is 188 Å². The van der Waals surface area contributed by atoms with Crippen molar-refractivity contribution in [3.63, 3.8) is 0 Å². The second kappa shape index (κ2) is 8.58. The second-order valence-electron chi connectivity index (χ2n) is 7.38. The topological polar surface area (TPSA) is 87.7 Å². The smallest absolute Gasteiger partial charge is 0.338 e. The summed E-state index contributed by atoms with van der Waals surface area (Å²) in [5.74, 6) is 0.207. The number of hydrogen-bond donors (Lipinski definition) is 0. The molecule has 1 aromatic carbocycles. The maximum Gasteiger partial charge on any atom is 0.338 e. The Morgan fingerprint density at radius 3 is 2.56 bits per heavy atom. The standard InChI is InChI=1S/C23H24N4O4S/c1-6-31-22(29)19-13(2)25-23-27(20(19)15-7-9-17(30-5)10-8-15)21(28)18(32-23)11-16-12-24-26(4)14(16)3/h7-12,20H,6H2,1-5H3/b18-11-. The van der Waals surface area contributed by atoms with Crippen LogP contribution in [0.3, 0.4) is 0 Å². The third-order valence-corrected chi connectivity index (χ3v) is 6.49. The number of ether oxygens (including phenoxy) is 2. The van der Waals surface area contributed by atoms with Crippen LogP contribution in [-0.4, -0.2) is 34.0 Å². The Morgan fingerprint density at radius 1 is 1.25 bits per heavy atom. The molecule has 0 saturated carbocycles. The lowest BCUT2D eigenvalue weighted by molar-refractivity contribution is -0.139. The van der Waals surface area contributed by atoms with Gasteiger partial charge in [-0.05, 0) is 44.5 Å². The predicted molar refractivity (Wildman–Crippen MR) is 121 cm³/mol. The fourth-order valence-electron chi connectivity index (χ4n) is 3.69. The quantitative estimate of drug-likeness (QED) is 0.552. The van der Waals surface area contributed by atoms with Crippen LogP contribution < -0.4 is 19.6 Å². The van der Waals surface area contributed by atoms with Crippen molar-refractivity contribution in [2.24, 2.45) is 12.0 Å². The molecule has 0 bridgehead atoms.